The Hall–Kier alpha value is -2.96. The third kappa shape index (κ3) is 4.42. The van der Waals surface area contributed by atoms with Gasteiger partial charge in [0, 0.05) is 28.2 Å². The van der Waals surface area contributed by atoms with E-state index in [1.807, 2.05) is 25.1 Å². The lowest BCUT2D eigenvalue weighted by molar-refractivity contribution is -0.136. The molecule has 2 aromatic carbocycles. The van der Waals surface area contributed by atoms with Crippen LogP contribution in [0.3, 0.4) is 0 Å². The molecule has 3 N–H and O–H groups in total. The molecular formula is C20H18ClN3O3. The number of pyridine rings is 1. The van der Waals surface area contributed by atoms with Gasteiger partial charge < -0.3 is 15.7 Å². The molecule has 0 saturated heterocycles. The quantitative estimate of drug-likeness (QED) is 0.604. The first-order valence-corrected chi connectivity index (χ1v) is 8.71. The van der Waals surface area contributed by atoms with Gasteiger partial charge in [0.15, 0.2) is 0 Å². The lowest BCUT2D eigenvalue weighted by Crippen LogP contribution is -2.37. The Morgan fingerprint density at radius 1 is 1.07 bits per heavy atom. The van der Waals surface area contributed by atoms with Crippen LogP contribution >= 0.6 is 11.6 Å². The molecule has 0 spiro atoms. The van der Waals surface area contributed by atoms with Crippen molar-refractivity contribution in [1.82, 2.24) is 10.3 Å². The highest BCUT2D eigenvalue weighted by Crippen LogP contribution is 2.23. The molecule has 1 unspecified atom stereocenters. The molecule has 7 heteroatoms. The molecule has 6 nitrogen and oxygen atoms in total. The predicted molar refractivity (Wildman–Crippen MR) is 105 cm³/mol. The van der Waals surface area contributed by atoms with Crippen molar-refractivity contribution in [2.45, 2.75) is 13.0 Å². The Balaban J connectivity index is 1.66. The molecular weight excluding hydrogens is 366 g/mol. The first-order valence-electron chi connectivity index (χ1n) is 8.34. The van der Waals surface area contributed by atoms with Gasteiger partial charge in [-0.25, -0.2) is 0 Å². The van der Waals surface area contributed by atoms with Crippen LogP contribution in [-0.4, -0.2) is 28.4 Å². The average Bonchev–Trinajstić information content (AvgIpc) is 2.66. The fourth-order valence-corrected chi connectivity index (χ4v) is 2.91. The van der Waals surface area contributed by atoms with Gasteiger partial charge in [0.25, 0.3) is 0 Å². The minimum absolute atomic E-state index is 0.136. The van der Waals surface area contributed by atoms with Crippen molar-refractivity contribution in [3.8, 4) is 0 Å². The second-order valence-electron chi connectivity index (χ2n) is 6.03. The number of fused-ring (bicyclic) bond motifs is 1. The van der Waals surface area contributed by atoms with E-state index in [4.69, 9.17) is 11.6 Å². The van der Waals surface area contributed by atoms with Crippen LogP contribution in [0.2, 0.25) is 5.02 Å². The molecule has 1 aromatic heterocycles. The number of aliphatic hydroxyl groups excluding tert-OH is 1. The highest BCUT2D eigenvalue weighted by molar-refractivity contribution is 6.40. The lowest BCUT2D eigenvalue weighted by atomic mass is 10.1. The lowest BCUT2D eigenvalue weighted by Gasteiger charge is -2.14. The van der Waals surface area contributed by atoms with E-state index >= 15 is 0 Å². The normalized spacial score (nSPS) is 11.8. The second kappa shape index (κ2) is 8.16. The van der Waals surface area contributed by atoms with Gasteiger partial charge in [-0.15, -0.1) is 0 Å². The molecule has 3 rings (SSSR count). The first kappa shape index (κ1) is 18.8. The summed E-state index contributed by atoms with van der Waals surface area (Å²) < 4.78 is 0. The van der Waals surface area contributed by atoms with Crippen molar-refractivity contribution in [2.75, 3.05) is 11.9 Å². The van der Waals surface area contributed by atoms with Gasteiger partial charge in [-0.3, -0.25) is 14.6 Å². The fourth-order valence-electron chi connectivity index (χ4n) is 2.65. The summed E-state index contributed by atoms with van der Waals surface area (Å²) in [7, 11) is 0. The summed E-state index contributed by atoms with van der Waals surface area (Å²) in [5, 5.41) is 16.4. The van der Waals surface area contributed by atoms with Crippen LogP contribution in [0.15, 0.2) is 54.6 Å². The Kier molecular flexibility index (Phi) is 5.69. The number of amides is 2. The molecule has 27 heavy (non-hydrogen) atoms. The summed E-state index contributed by atoms with van der Waals surface area (Å²) in [5.41, 5.74) is 2.34. The zero-order valence-electron chi connectivity index (χ0n) is 14.6. The number of nitrogens with zero attached hydrogens (tertiary/aromatic N) is 1. The van der Waals surface area contributed by atoms with E-state index in [0.29, 0.717) is 21.8 Å². The fraction of sp³-hybridized carbons (Fsp3) is 0.150. The number of aromatic nitrogens is 1. The van der Waals surface area contributed by atoms with Gasteiger partial charge in [0.1, 0.15) is 0 Å². The van der Waals surface area contributed by atoms with Crippen LogP contribution in [0.1, 0.15) is 17.4 Å². The maximum Gasteiger partial charge on any atom is 0.313 e. The third-order valence-corrected chi connectivity index (χ3v) is 4.38. The van der Waals surface area contributed by atoms with E-state index in [0.717, 1.165) is 11.1 Å². The number of aryl methyl sites for hydroxylation is 1. The molecule has 138 valence electrons. The average molecular weight is 384 g/mol. The number of benzene rings is 2. The van der Waals surface area contributed by atoms with Crippen molar-refractivity contribution >= 4 is 40.0 Å². The number of anilines is 1. The summed E-state index contributed by atoms with van der Waals surface area (Å²) in [6, 6.07) is 15.9. The molecule has 0 aliphatic rings. The molecule has 0 aliphatic heterocycles. The Labute approximate surface area is 161 Å². The van der Waals surface area contributed by atoms with Crippen LogP contribution in [0.25, 0.3) is 10.9 Å². The van der Waals surface area contributed by atoms with E-state index in [1.54, 1.807) is 36.4 Å². The van der Waals surface area contributed by atoms with E-state index in [2.05, 4.69) is 15.6 Å². The number of carbonyl (C=O) groups is 2. The zero-order valence-corrected chi connectivity index (χ0v) is 15.3. The Morgan fingerprint density at radius 2 is 1.85 bits per heavy atom. The largest absolute Gasteiger partial charge is 0.387 e. The molecule has 0 fully saturated rings. The minimum atomic E-state index is -1.02. The highest BCUT2D eigenvalue weighted by atomic mass is 35.5. The van der Waals surface area contributed by atoms with E-state index in [9.17, 15) is 14.7 Å². The monoisotopic (exact) mass is 383 g/mol. The van der Waals surface area contributed by atoms with Crippen LogP contribution in [0.4, 0.5) is 5.69 Å². The number of aliphatic hydroxyl groups is 1. The molecule has 3 aromatic rings. The van der Waals surface area contributed by atoms with Gasteiger partial charge >= 0.3 is 11.8 Å². The summed E-state index contributed by atoms with van der Waals surface area (Å²) in [6.45, 7) is 1.71. The first-order chi connectivity index (χ1) is 13.0. The van der Waals surface area contributed by atoms with Gasteiger partial charge in [-0.05, 0) is 25.1 Å². The summed E-state index contributed by atoms with van der Waals surface area (Å²) in [5.74, 6) is -1.69. The smallest absolute Gasteiger partial charge is 0.313 e. The Bertz CT molecular complexity index is 1010. The molecule has 0 aliphatic carbocycles. The number of nitrogens with one attached hydrogen (secondary N) is 2. The number of halogens is 1. The number of hydrogen-bond donors (Lipinski definition) is 3. The summed E-state index contributed by atoms with van der Waals surface area (Å²) >= 11 is 6.01. The van der Waals surface area contributed by atoms with Crippen molar-refractivity contribution in [3.63, 3.8) is 0 Å². The standard InChI is InChI=1S/C20H18ClN3O3/c1-12-9-10-13-5-4-8-16(18(13)23-12)24-20(27)19(26)22-11-17(25)14-6-2-3-7-15(14)21/h2-10,17,25H,11H2,1H3,(H,22,26)(H,24,27). The van der Waals surface area contributed by atoms with Crippen molar-refractivity contribution in [3.05, 3.63) is 70.9 Å². The topological polar surface area (TPSA) is 91.3 Å². The van der Waals surface area contributed by atoms with Crippen molar-refractivity contribution < 1.29 is 14.7 Å². The maximum atomic E-state index is 12.2. The highest BCUT2D eigenvalue weighted by Gasteiger charge is 2.18. The van der Waals surface area contributed by atoms with Gasteiger partial charge in [0.2, 0.25) is 0 Å². The molecule has 1 atom stereocenters. The number of carbonyl (C=O) groups excluding carboxylic acids is 2. The van der Waals surface area contributed by atoms with Gasteiger partial charge in [-0.2, -0.15) is 0 Å². The number of rotatable bonds is 4. The molecule has 0 bridgehead atoms. The molecule has 1 heterocycles. The molecule has 0 saturated carbocycles. The van der Waals surface area contributed by atoms with E-state index in [-0.39, 0.29) is 6.54 Å². The third-order valence-electron chi connectivity index (χ3n) is 4.03. The Morgan fingerprint density at radius 3 is 2.63 bits per heavy atom. The van der Waals surface area contributed by atoms with Crippen LogP contribution < -0.4 is 10.6 Å². The van der Waals surface area contributed by atoms with E-state index < -0.39 is 17.9 Å². The van der Waals surface area contributed by atoms with Crippen LogP contribution in [0.5, 0.6) is 0 Å². The zero-order chi connectivity index (χ0) is 19.4. The number of para-hydroxylation sites is 1. The van der Waals surface area contributed by atoms with Crippen molar-refractivity contribution in [1.29, 1.82) is 0 Å². The minimum Gasteiger partial charge on any atom is -0.387 e. The summed E-state index contributed by atoms with van der Waals surface area (Å²) in [6.07, 6.45) is -1.02. The predicted octanol–water partition coefficient (Wildman–Crippen LogP) is 2.98. The molecule has 0 radical (unpaired) electrons. The maximum absolute atomic E-state index is 12.2. The number of hydrogen-bond acceptors (Lipinski definition) is 4. The van der Waals surface area contributed by atoms with Gasteiger partial charge in [0.05, 0.1) is 17.3 Å². The second-order valence-corrected chi connectivity index (χ2v) is 6.44. The van der Waals surface area contributed by atoms with Crippen molar-refractivity contribution in [2.24, 2.45) is 0 Å². The van der Waals surface area contributed by atoms with Crippen LogP contribution in [-0.2, 0) is 9.59 Å². The molecule has 2 amide bonds. The SMILES string of the molecule is Cc1ccc2cccc(NC(=O)C(=O)NCC(O)c3ccccc3Cl)c2n1. The van der Waals surface area contributed by atoms with Gasteiger partial charge in [-0.1, -0.05) is 48.0 Å². The summed E-state index contributed by atoms with van der Waals surface area (Å²) in [4.78, 5) is 28.7. The van der Waals surface area contributed by atoms with E-state index in [1.165, 1.54) is 0 Å². The van der Waals surface area contributed by atoms with Crippen LogP contribution in [0, 0.1) is 6.92 Å².